The number of likely N-dealkylation sites (tertiary alicyclic amines) is 1. The van der Waals surface area contributed by atoms with Crippen LogP contribution in [0.15, 0.2) is 24.3 Å². The summed E-state index contributed by atoms with van der Waals surface area (Å²) in [6.45, 7) is 2.24. The van der Waals surface area contributed by atoms with Crippen molar-refractivity contribution < 1.29 is 14.3 Å². The van der Waals surface area contributed by atoms with Crippen molar-refractivity contribution in [2.75, 3.05) is 19.9 Å². The lowest BCUT2D eigenvalue weighted by Crippen LogP contribution is -2.35. The predicted molar refractivity (Wildman–Crippen MR) is 90.5 cm³/mol. The van der Waals surface area contributed by atoms with Crippen molar-refractivity contribution in [3.63, 3.8) is 0 Å². The van der Waals surface area contributed by atoms with Crippen molar-refractivity contribution in [2.24, 2.45) is 0 Å². The molecule has 4 heteroatoms. The fourth-order valence-electron chi connectivity index (χ4n) is 3.08. The summed E-state index contributed by atoms with van der Waals surface area (Å²) >= 11 is 0. The number of benzene rings is 1. The van der Waals surface area contributed by atoms with Crippen molar-refractivity contribution in [1.29, 1.82) is 0 Å². The van der Waals surface area contributed by atoms with Gasteiger partial charge in [-0.3, -0.25) is 4.79 Å². The van der Waals surface area contributed by atoms with Gasteiger partial charge < -0.3 is 14.4 Å². The van der Waals surface area contributed by atoms with E-state index in [9.17, 15) is 4.79 Å². The highest BCUT2D eigenvalue weighted by atomic mass is 16.7. The molecule has 1 aromatic carbocycles. The molecule has 2 heterocycles. The van der Waals surface area contributed by atoms with Gasteiger partial charge in [-0.1, -0.05) is 18.2 Å². The molecule has 23 heavy (non-hydrogen) atoms. The maximum atomic E-state index is 12.0. The van der Waals surface area contributed by atoms with Gasteiger partial charge >= 0.3 is 0 Å². The molecule has 0 radical (unpaired) electrons. The molecule has 4 nitrogen and oxygen atoms in total. The zero-order chi connectivity index (χ0) is 15.9. The largest absolute Gasteiger partial charge is 0.454 e. The third kappa shape index (κ3) is 4.50. The lowest BCUT2D eigenvalue weighted by atomic mass is 10.1. The first-order valence-electron chi connectivity index (χ1n) is 8.67. The van der Waals surface area contributed by atoms with E-state index in [-0.39, 0.29) is 0 Å². The van der Waals surface area contributed by atoms with Gasteiger partial charge in [0, 0.05) is 19.5 Å². The van der Waals surface area contributed by atoms with Crippen LogP contribution in [-0.2, 0) is 4.79 Å². The normalized spacial score (nSPS) is 17.0. The number of carbonyl (C=O) groups excluding carboxylic acids is 1. The Hall–Kier alpha value is -1.97. The van der Waals surface area contributed by atoms with Crippen LogP contribution in [-0.4, -0.2) is 30.7 Å². The molecule has 0 spiro atoms. The van der Waals surface area contributed by atoms with Gasteiger partial charge in [0.2, 0.25) is 12.7 Å². The van der Waals surface area contributed by atoms with Crippen molar-refractivity contribution in [3.8, 4) is 11.5 Å². The number of ether oxygens (including phenoxy) is 2. The van der Waals surface area contributed by atoms with E-state index in [1.165, 1.54) is 19.3 Å². The number of unbranched alkanes of at least 4 members (excludes halogenated alkanes) is 2. The maximum Gasteiger partial charge on any atom is 0.231 e. The molecule has 0 atom stereocenters. The molecule has 2 aliphatic heterocycles. The van der Waals surface area contributed by atoms with Crippen LogP contribution < -0.4 is 9.47 Å². The van der Waals surface area contributed by atoms with Gasteiger partial charge in [-0.05, 0) is 56.2 Å². The number of rotatable bonds is 6. The summed E-state index contributed by atoms with van der Waals surface area (Å²) in [6, 6.07) is 5.97. The van der Waals surface area contributed by atoms with E-state index in [2.05, 4.69) is 12.2 Å². The third-order valence-electron chi connectivity index (χ3n) is 4.43. The van der Waals surface area contributed by atoms with Gasteiger partial charge in [-0.2, -0.15) is 0 Å². The van der Waals surface area contributed by atoms with Crippen LogP contribution in [0.5, 0.6) is 11.5 Å². The van der Waals surface area contributed by atoms with Crippen LogP contribution >= 0.6 is 0 Å². The van der Waals surface area contributed by atoms with Crippen molar-refractivity contribution >= 4 is 12.0 Å². The number of fused-ring (bicyclic) bond motifs is 1. The Kier molecular flexibility index (Phi) is 5.56. The average molecular weight is 315 g/mol. The molecule has 0 saturated carbocycles. The fraction of sp³-hybridized carbons (Fsp3) is 0.526. The zero-order valence-electron chi connectivity index (χ0n) is 13.6. The van der Waals surface area contributed by atoms with E-state index >= 15 is 0 Å². The van der Waals surface area contributed by atoms with Crippen molar-refractivity contribution in [1.82, 2.24) is 4.90 Å². The lowest BCUT2D eigenvalue weighted by molar-refractivity contribution is -0.132. The smallest absolute Gasteiger partial charge is 0.231 e. The van der Waals surface area contributed by atoms with E-state index in [0.29, 0.717) is 19.1 Å². The fourth-order valence-corrected chi connectivity index (χ4v) is 3.08. The molecule has 1 fully saturated rings. The van der Waals surface area contributed by atoms with E-state index in [0.717, 1.165) is 49.4 Å². The molecule has 0 bridgehead atoms. The Morgan fingerprint density at radius 1 is 1.09 bits per heavy atom. The molecule has 1 aromatic rings. The Labute approximate surface area is 138 Å². The third-order valence-corrected chi connectivity index (χ3v) is 4.43. The van der Waals surface area contributed by atoms with Crippen LogP contribution in [0.3, 0.4) is 0 Å². The summed E-state index contributed by atoms with van der Waals surface area (Å²) in [6.07, 6.45) is 11.6. The van der Waals surface area contributed by atoms with E-state index < -0.39 is 0 Å². The second-order valence-corrected chi connectivity index (χ2v) is 6.20. The van der Waals surface area contributed by atoms with Gasteiger partial charge in [-0.15, -0.1) is 0 Å². The second kappa shape index (κ2) is 8.04. The van der Waals surface area contributed by atoms with Gasteiger partial charge in [0.1, 0.15) is 0 Å². The van der Waals surface area contributed by atoms with E-state index in [4.69, 9.17) is 9.47 Å². The predicted octanol–water partition coefficient (Wildman–Crippen LogP) is 4.00. The van der Waals surface area contributed by atoms with Crippen LogP contribution in [0.2, 0.25) is 0 Å². The molecular weight excluding hydrogens is 290 g/mol. The van der Waals surface area contributed by atoms with Crippen LogP contribution in [0.4, 0.5) is 0 Å². The minimum absolute atomic E-state index is 0.313. The van der Waals surface area contributed by atoms with Crippen LogP contribution in [0, 0.1) is 0 Å². The summed E-state index contributed by atoms with van der Waals surface area (Å²) in [4.78, 5) is 14.1. The summed E-state index contributed by atoms with van der Waals surface area (Å²) in [5.74, 6) is 1.97. The number of nitrogens with zero attached hydrogens (tertiary/aromatic N) is 1. The standard InChI is InChI=1S/C19H25NO3/c21-19(20-12-6-3-7-13-20)9-5-2-1-4-8-16-10-11-17-18(14-16)23-15-22-17/h4,8,10-11,14H,1-3,5-7,9,12-13,15H2/b8-4+. The molecule has 1 amide bonds. The molecule has 0 N–H and O–H groups in total. The highest BCUT2D eigenvalue weighted by Gasteiger charge is 2.15. The van der Waals surface area contributed by atoms with E-state index in [1.54, 1.807) is 0 Å². The number of carbonyl (C=O) groups is 1. The first-order valence-corrected chi connectivity index (χ1v) is 8.67. The topological polar surface area (TPSA) is 38.8 Å². The molecule has 124 valence electrons. The van der Waals surface area contributed by atoms with Gasteiger partial charge in [-0.25, -0.2) is 0 Å². The van der Waals surface area contributed by atoms with Gasteiger partial charge in [0.15, 0.2) is 11.5 Å². The van der Waals surface area contributed by atoms with Gasteiger partial charge in [0.05, 0.1) is 0 Å². The highest BCUT2D eigenvalue weighted by Crippen LogP contribution is 2.32. The Balaban J connectivity index is 1.34. The molecule has 3 rings (SSSR count). The quantitative estimate of drug-likeness (QED) is 0.745. The SMILES string of the molecule is O=C(CCCC/C=C/c1ccc2c(c1)OCO2)N1CCCCC1. The van der Waals surface area contributed by atoms with Crippen molar-refractivity contribution in [2.45, 2.75) is 44.9 Å². The molecule has 1 saturated heterocycles. The lowest BCUT2D eigenvalue weighted by Gasteiger charge is -2.26. The first-order chi connectivity index (χ1) is 11.3. The van der Waals surface area contributed by atoms with Gasteiger partial charge in [0.25, 0.3) is 0 Å². The van der Waals surface area contributed by atoms with Crippen LogP contribution in [0.1, 0.15) is 50.5 Å². The Bertz CT molecular complexity index is 562. The maximum absolute atomic E-state index is 12.0. The minimum atomic E-state index is 0.313. The summed E-state index contributed by atoms with van der Waals surface area (Å²) < 4.78 is 10.7. The van der Waals surface area contributed by atoms with Crippen molar-refractivity contribution in [3.05, 3.63) is 29.8 Å². The Morgan fingerprint density at radius 3 is 2.78 bits per heavy atom. The molecule has 0 aromatic heterocycles. The molecule has 0 aliphatic carbocycles. The summed E-state index contributed by atoms with van der Waals surface area (Å²) in [5, 5.41) is 0. The minimum Gasteiger partial charge on any atom is -0.454 e. The molecular formula is C19H25NO3. The number of hydrogen-bond donors (Lipinski definition) is 0. The second-order valence-electron chi connectivity index (χ2n) is 6.20. The summed E-state index contributed by atoms with van der Waals surface area (Å²) in [7, 11) is 0. The summed E-state index contributed by atoms with van der Waals surface area (Å²) in [5.41, 5.74) is 1.12. The number of piperidine rings is 1. The number of allylic oxidation sites excluding steroid dienone is 1. The van der Waals surface area contributed by atoms with Crippen LogP contribution in [0.25, 0.3) is 6.08 Å². The highest BCUT2D eigenvalue weighted by molar-refractivity contribution is 5.76. The zero-order valence-corrected chi connectivity index (χ0v) is 13.6. The molecule has 2 aliphatic rings. The monoisotopic (exact) mass is 315 g/mol. The average Bonchev–Trinajstić information content (AvgIpc) is 3.06. The van der Waals surface area contributed by atoms with E-state index in [1.807, 2.05) is 23.1 Å². The first kappa shape index (κ1) is 15.9. The Morgan fingerprint density at radius 2 is 1.91 bits per heavy atom. The number of amides is 1. The number of hydrogen-bond acceptors (Lipinski definition) is 3. The molecule has 0 unspecified atom stereocenters.